The van der Waals surface area contributed by atoms with Crippen LogP contribution in [0.2, 0.25) is 0 Å². The van der Waals surface area contributed by atoms with E-state index in [0.29, 0.717) is 17.2 Å². The van der Waals surface area contributed by atoms with Crippen LogP contribution in [0, 0.1) is 11.3 Å². The summed E-state index contributed by atoms with van der Waals surface area (Å²) in [7, 11) is 0. The predicted octanol–water partition coefficient (Wildman–Crippen LogP) is 3.61. The lowest BCUT2D eigenvalue weighted by Gasteiger charge is -2.40. The Labute approximate surface area is 145 Å². The van der Waals surface area contributed by atoms with Gasteiger partial charge in [0.1, 0.15) is 6.07 Å². The highest BCUT2D eigenvalue weighted by Gasteiger charge is 2.27. The second-order valence-electron chi connectivity index (χ2n) is 7.09. The highest BCUT2D eigenvalue weighted by molar-refractivity contribution is 5.95. The van der Waals surface area contributed by atoms with E-state index in [0.717, 1.165) is 25.2 Å². The van der Waals surface area contributed by atoms with Crippen molar-refractivity contribution >= 4 is 11.5 Å². The molecule has 0 saturated carbocycles. The molecule has 0 N–H and O–H groups in total. The lowest BCUT2D eigenvalue weighted by molar-refractivity contribution is 0.101. The first-order valence-electron chi connectivity index (χ1n) is 9.23. The number of nitrogens with zero attached hydrogens (tertiary/aromatic N) is 3. The van der Waals surface area contributed by atoms with Gasteiger partial charge in [0.05, 0.1) is 11.3 Å². The van der Waals surface area contributed by atoms with Crippen LogP contribution in [0.3, 0.4) is 0 Å². The predicted molar refractivity (Wildman–Crippen MR) is 96.4 cm³/mol. The third-order valence-corrected chi connectivity index (χ3v) is 5.42. The fourth-order valence-corrected chi connectivity index (χ4v) is 4.04. The SMILES string of the molecule is CC(=O)c1ccc(C#N)c(N2CCCC(N3CCCCCC3)C2)c1. The average molecular weight is 325 g/mol. The zero-order chi connectivity index (χ0) is 16.9. The maximum Gasteiger partial charge on any atom is 0.159 e. The van der Waals surface area contributed by atoms with Gasteiger partial charge in [0.2, 0.25) is 0 Å². The summed E-state index contributed by atoms with van der Waals surface area (Å²) >= 11 is 0. The van der Waals surface area contributed by atoms with Crippen molar-refractivity contribution in [3.63, 3.8) is 0 Å². The van der Waals surface area contributed by atoms with Crippen LogP contribution in [0.5, 0.6) is 0 Å². The molecule has 0 aromatic heterocycles. The zero-order valence-electron chi connectivity index (χ0n) is 14.6. The number of Topliss-reactive ketones (excluding diaryl/α,β-unsaturated/α-hetero) is 1. The van der Waals surface area contributed by atoms with Crippen LogP contribution in [0.25, 0.3) is 0 Å². The second kappa shape index (κ2) is 7.81. The van der Waals surface area contributed by atoms with Gasteiger partial charge in [-0.25, -0.2) is 0 Å². The summed E-state index contributed by atoms with van der Waals surface area (Å²) in [6.07, 6.45) is 7.71. The van der Waals surface area contributed by atoms with Crippen molar-refractivity contribution < 1.29 is 4.79 Å². The Morgan fingerprint density at radius 1 is 1.12 bits per heavy atom. The van der Waals surface area contributed by atoms with Crippen LogP contribution in [-0.4, -0.2) is 42.9 Å². The molecule has 2 saturated heterocycles. The van der Waals surface area contributed by atoms with E-state index in [4.69, 9.17) is 0 Å². The molecule has 1 aromatic rings. The van der Waals surface area contributed by atoms with Crippen LogP contribution in [0.4, 0.5) is 5.69 Å². The summed E-state index contributed by atoms with van der Waals surface area (Å²) in [4.78, 5) is 16.7. The number of piperidine rings is 1. The van der Waals surface area contributed by atoms with Crippen molar-refractivity contribution in [2.75, 3.05) is 31.1 Å². The summed E-state index contributed by atoms with van der Waals surface area (Å²) < 4.78 is 0. The lowest BCUT2D eigenvalue weighted by Crippen LogP contribution is -2.48. The summed E-state index contributed by atoms with van der Waals surface area (Å²) in [5.41, 5.74) is 2.31. The standard InChI is InChI=1S/C20H27N3O/c1-16(24)17-8-9-18(14-21)20(13-17)23-12-6-7-19(15-23)22-10-4-2-3-5-11-22/h8-9,13,19H,2-7,10-12,15H2,1H3. The Morgan fingerprint density at radius 3 is 2.54 bits per heavy atom. The van der Waals surface area contributed by atoms with Crippen LogP contribution in [0.15, 0.2) is 18.2 Å². The van der Waals surface area contributed by atoms with Gasteiger partial charge >= 0.3 is 0 Å². The normalized spacial score (nSPS) is 22.7. The minimum absolute atomic E-state index is 0.0572. The van der Waals surface area contributed by atoms with Crippen LogP contribution >= 0.6 is 0 Å². The van der Waals surface area contributed by atoms with E-state index in [-0.39, 0.29) is 5.78 Å². The van der Waals surface area contributed by atoms with Crippen molar-refractivity contribution in [2.24, 2.45) is 0 Å². The third-order valence-electron chi connectivity index (χ3n) is 5.42. The molecule has 24 heavy (non-hydrogen) atoms. The number of nitriles is 1. The Balaban J connectivity index is 1.80. The van der Waals surface area contributed by atoms with Gasteiger partial charge in [-0.05, 0) is 63.9 Å². The van der Waals surface area contributed by atoms with Gasteiger partial charge in [0, 0.05) is 24.7 Å². The molecule has 2 aliphatic heterocycles. The van der Waals surface area contributed by atoms with Crippen molar-refractivity contribution in [3.8, 4) is 6.07 Å². The van der Waals surface area contributed by atoms with Gasteiger partial charge in [-0.1, -0.05) is 12.8 Å². The Bertz CT molecular complexity index is 626. The summed E-state index contributed by atoms with van der Waals surface area (Å²) in [6, 6.07) is 8.34. The molecular formula is C20H27N3O. The summed E-state index contributed by atoms with van der Waals surface area (Å²) in [6.45, 7) is 5.94. The minimum atomic E-state index is 0.0572. The number of likely N-dealkylation sites (tertiary alicyclic amines) is 1. The number of anilines is 1. The molecule has 1 atom stereocenters. The Morgan fingerprint density at radius 2 is 1.88 bits per heavy atom. The number of hydrogen-bond acceptors (Lipinski definition) is 4. The first-order valence-corrected chi connectivity index (χ1v) is 9.23. The van der Waals surface area contributed by atoms with Gasteiger partial charge in [0.25, 0.3) is 0 Å². The fraction of sp³-hybridized carbons (Fsp3) is 0.600. The van der Waals surface area contributed by atoms with Gasteiger partial charge in [-0.3, -0.25) is 9.69 Å². The number of benzene rings is 1. The highest BCUT2D eigenvalue weighted by Crippen LogP contribution is 2.28. The van der Waals surface area contributed by atoms with E-state index in [2.05, 4.69) is 15.9 Å². The monoisotopic (exact) mass is 325 g/mol. The molecule has 2 aliphatic rings. The molecule has 4 heteroatoms. The molecule has 2 heterocycles. The molecule has 4 nitrogen and oxygen atoms in total. The maximum absolute atomic E-state index is 11.7. The molecule has 1 aromatic carbocycles. The third kappa shape index (κ3) is 3.79. The molecule has 0 aliphatic carbocycles. The minimum Gasteiger partial charge on any atom is -0.369 e. The largest absolute Gasteiger partial charge is 0.369 e. The number of carbonyl (C=O) groups is 1. The first-order chi connectivity index (χ1) is 11.7. The topological polar surface area (TPSA) is 47.3 Å². The number of rotatable bonds is 3. The molecule has 1 unspecified atom stereocenters. The van der Waals surface area contributed by atoms with Gasteiger partial charge in [0.15, 0.2) is 5.78 Å². The summed E-state index contributed by atoms with van der Waals surface area (Å²) in [5, 5.41) is 9.46. The number of hydrogen-bond donors (Lipinski definition) is 0. The van der Waals surface area contributed by atoms with Crippen molar-refractivity contribution in [2.45, 2.75) is 51.5 Å². The fourth-order valence-electron chi connectivity index (χ4n) is 4.04. The van der Waals surface area contributed by atoms with E-state index in [1.54, 1.807) is 19.1 Å². The van der Waals surface area contributed by atoms with Crippen molar-refractivity contribution in [1.29, 1.82) is 5.26 Å². The molecule has 0 radical (unpaired) electrons. The Hall–Kier alpha value is -1.86. The van der Waals surface area contributed by atoms with Crippen LogP contribution < -0.4 is 4.90 Å². The maximum atomic E-state index is 11.7. The first kappa shape index (κ1) is 17.0. The van der Waals surface area contributed by atoms with Gasteiger partial charge in [-0.15, -0.1) is 0 Å². The quantitative estimate of drug-likeness (QED) is 0.797. The van der Waals surface area contributed by atoms with E-state index in [1.165, 1.54) is 45.2 Å². The van der Waals surface area contributed by atoms with Gasteiger partial charge in [-0.2, -0.15) is 5.26 Å². The number of carbonyl (C=O) groups excluding carboxylic acids is 1. The van der Waals surface area contributed by atoms with Crippen molar-refractivity contribution in [3.05, 3.63) is 29.3 Å². The molecule has 3 rings (SSSR count). The Kier molecular flexibility index (Phi) is 5.52. The highest BCUT2D eigenvalue weighted by atomic mass is 16.1. The van der Waals surface area contributed by atoms with E-state index in [1.807, 2.05) is 6.07 Å². The average Bonchev–Trinajstić information content (AvgIpc) is 2.90. The van der Waals surface area contributed by atoms with Crippen LogP contribution in [0.1, 0.15) is 61.4 Å². The molecule has 0 amide bonds. The lowest BCUT2D eigenvalue weighted by atomic mass is 10.00. The molecule has 0 bridgehead atoms. The molecule has 2 fully saturated rings. The van der Waals surface area contributed by atoms with E-state index >= 15 is 0 Å². The molecular weight excluding hydrogens is 298 g/mol. The van der Waals surface area contributed by atoms with E-state index < -0.39 is 0 Å². The van der Waals surface area contributed by atoms with E-state index in [9.17, 15) is 10.1 Å². The number of ketones is 1. The van der Waals surface area contributed by atoms with Gasteiger partial charge < -0.3 is 4.90 Å². The van der Waals surface area contributed by atoms with Crippen molar-refractivity contribution in [1.82, 2.24) is 4.90 Å². The second-order valence-corrected chi connectivity index (χ2v) is 7.09. The zero-order valence-corrected chi connectivity index (χ0v) is 14.6. The summed E-state index contributed by atoms with van der Waals surface area (Å²) in [5.74, 6) is 0.0572. The van der Waals surface area contributed by atoms with Crippen LogP contribution in [-0.2, 0) is 0 Å². The molecule has 0 spiro atoms. The smallest absolute Gasteiger partial charge is 0.159 e. The molecule has 128 valence electrons.